The fourth-order valence-corrected chi connectivity index (χ4v) is 2.95. The number of methoxy groups -OCH3 is 2. The number of unbranched alkanes of at least 4 members (excludes halogenated alkanes) is 2. The summed E-state index contributed by atoms with van der Waals surface area (Å²) >= 11 is 0. The van der Waals surface area contributed by atoms with Crippen molar-refractivity contribution in [1.82, 2.24) is 0 Å². The third-order valence-corrected chi connectivity index (χ3v) is 4.48. The van der Waals surface area contributed by atoms with Gasteiger partial charge in [0.2, 0.25) is 0 Å². The average molecular weight is 384 g/mol. The summed E-state index contributed by atoms with van der Waals surface area (Å²) in [5, 5.41) is 10.6. The van der Waals surface area contributed by atoms with Gasteiger partial charge in [-0.3, -0.25) is 4.79 Å². The van der Waals surface area contributed by atoms with Gasteiger partial charge in [0.05, 0.1) is 26.2 Å². The minimum Gasteiger partial charge on any atom is -0.504 e. The van der Waals surface area contributed by atoms with Crippen molar-refractivity contribution in [2.75, 3.05) is 20.8 Å². The number of hydrogen-bond acceptors (Lipinski definition) is 6. The van der Waals surface area contributed by atoms with Gasteiger partial charge in [-0.1, -0.05) is 19.8 Å². The highest BCUT2D eigenvalue weighted by Crippen LogP contribution is 2.35. The molecule has 3 rings (SSSR count). The van der Waals surface area contributed by atoms with Crippen molar-refractivity contribution in [3.63, 3.8) is 0 Å². The molecule has 3 aromatic rings. The number of benzene rings is 2. The van der Waals surface area contributed by atoms with Crippen LogP contribution in [0.3, 0.4) is 0 Å². The van der Waals surface area contributed by atoms with E-state index in [1.54, 1.807) is 25.3 Å². The lowest BCUT2D eigenvalue weighted by atomic mass is 10.1. The number of rotatable bonds is 8. The molecule has 0 spiro atoms. The first-order chi connectivity index (χ1) is 13.6. The summed E-state index contributed by atoms with van der Waals surface area (Å²) in [4.78, 5) is 12.6. The molecule has 148 valence electrons. The van der Waals surface area contributed by atoms with E-state index >= 15 is 0 Å². The molecule has 1 N–H and O–H groups in total. The zero-order chi connectivity index (χ0) is 20.1. The van der Waals surface area contributed by atoms with Crippen LogP contribution in [0.1, 0.15) is 26.2 Å². The summed E-state index contributed by atoms with van der Waals surface area (Å²) in [6.45, 7) is 2.59. The Kier molecular flexibility index (Phi) is 6.09. The lowest BCUT2D eigenvalue weighted by Crippen LogP contribution is -2.03. The Morgan fingerprint density at radius 1 is 0.964 bits per heavy atom. The van der Waals surface area contributed by atoms with Crippen molar-refractivity contribution in [2.45, 2.75) is 26.2 Å². The van der Waals surface area contributed by atoms with Gasteiger partial charge in [-0.25, -0.2) is 0 Å². The minimum absolute atomic E-state index is 0.0587. The molecule has 0 amide bonds. The van der Waals surface area contributed by atoms with Crippen LogP contribution in [0, 0.1) is 0 Å². The molecular formula is C22H24O6. The summed E-state index contributed by atoms with van der Waals surface area (Å²) in [6, 6.07) is 9.60. The second-order valence-corrected chi connectivity index (χ2v) is 6.42. The van der Waals surface area contributed by atoms with E-state index in [-0.39, 0.29) is 22.5 Å². The van der Waals surface area contributed by atoms with E-state index in [1.807, 2.05) is 0 Å². The molecule has 0 aliphatic carbocycles. The molecule has 0 atom stereocenters. The number of aromatic hydroxyl groups is 1. The average Bonchev–Trinajstić information content (AvgIpc) is 2.71. The summed E-state index contributed by atoms with van der Waals surface area (Å²) in [7, 11) is 3.09. The van der Waals surface area contributed by atoms with Gasteiger partial charge < -0.3 is 23.7 Å². The Morgan fingerprint density at radius 2 is 1.75 bits per heavy atom. The Hall–Kier alpha value is -3.15. The predicted molar refractivity (Wildman–Crippen MR) is 108 cm³/mol. The third-order valence-electron chi connectivity index (χ3n) is 4.48. The molecule has 6 nitrogen and oxygen atoms in total. The highest BCUT2D eigenvalue weighted by Gasteiger charge is 2.14. The van der Waals surface area contributed by atoms with Gasteiger partial charge in [-0.15, -0.1) is 0 Å². The number of fused-ring (bicyclic) bond motifs is 1. The molecule has 6 heteroatoms. The van der Waals surface area contributed by atoms with Crippen LogP contribution in [0.25, 0.3) is 22.3 Å². The quantitative estimate of drug-likeness (QED) is 0.565. The molecule has 0 radical (unpaired) electrons. The van der Waals surface area contributed by atoms with Gasteiger partial charge in [0.15, 0.2) is 28.4 Å². The lowest BCUT2D eigenvalue weighted by molar-refractivity contribution is 0.290. The molecule has 0 fully saturated rings. The van der Waals surface area contributed by atoms with Gasteiger partial charge in [-0.05, 0) is 30.7 Å². The highest BCUT2D eigenvalue weighted by atomic mass is 16.5. The van der Waals surface area contributed by atoms with Gasteiger partial charge in [0.25, 0.3) is 0 Å². The molecule has 0 saturated carbocycles. The second kappa shape index (κ2) is 8.69. The van der Waals surface area contributed by atoms with Crippen molar-refractivity contribution in [3.05, 3.63) is 46.6 Å². The lowest BCUT2D eigenvalue weighted by Gasteiger charge is -2.11. The molecule has 28 heavy (non-hydrogen) atoms. The van der Waals surface area contributed by atoms with E-state index in [0.29, 0.717) is 34.8 Å². The smallest absolute Gasteiger partial charge is 0.193 e. The van der Waals surface area contributed by atoms with E-state index in [1.165, 1.54) is 25.3 Å². The zero-order valence-corrected chi connectivity index (χ0v) is 16.3. The normalized spacial score (nSPS) is 10.8. The van der Waals surface area contributed by atoms with Crippen molar-refractivity contribution >= 4 is 11.0 Å². The van der Waals surface area contributed by atoms with Crippen LogP contribution >= 0.6 is 0 Å². The van der Waals surface area contributed by atoms with Gasteiger partial charge in [-0.2, -0.15) is 0 Å². The standard InChI is InChI=1S/C22H24O6/c1-4-5-6-9-27-21-11-15-16(23)12-19(28-20(15)13-17(21)24)14-7-8-18(25-2)22(10-14)26-3/h7-8,10-13,24H,4-6,9H2,1-3H3. The van der Waals surface area contributed by atoms with E-state index in [4.69, 9.17) is 18.6 Å². The first kappa shape index (κ1) is 19.6. The van der Waals surface area contributed by atoms with Gasteiger partial charge in [0, 0.05) is 17.7 Å². The molecule has 0 unspecified atom stereocenters. The molecule has 0 aliphatic heterocycles. The SMILES string of the molecule is CCCCCOc1cc2c(=O)cc(-c3ccc(OC)c(OC)c3)oc2cc1O. The molecule has 1 heterocycles. The Labute approximate surface area is 163 Å². The highest BCUT2D eigenvalue weighted by molar-refractivity contribution is 5.82. The molecule has 0 aliphatic rings. The van der Waals surface area contributed by atoms with Crippen LogP contribution in [-0.2, 0) is 0 Å². The van der Waals surface area contributed by atoms with Gasteiger partial charge in [0.1, 0.15) is 11.3 Å². The molecule has 1 aromatic heterocycles. The van der Waals surface area contributed by atoms with E-state index in [2.05, 4.69) is 6.92 Å². The van der Waals surface area contributed by atoms with Crippen LogP contribution in [0.15, 0.2) is 45.6 Å². The monoisotopic (exact) mass is 384 g/mol. The summed E-state index contributed by atoms with van der Waals surface area (Å²) in [5.41, 5.74) is 0.733. The van der Waals surface area contributed by atoms with E-state index in [0.717, 1.165) is 19.3 Å². The summed E-state index contributed by atoms with van der Waals surface area (Å²) in [5.74, 6) is 1.71. The van der Waals surface area contributed by atoms with E-state index < -0.39 is 0 Å². The second-order valence-electron chi connectivity index (χ2n) is 6.42. The van der Waals surface area contributed by atoms with Crippen LogP contribution < -0.4 is 19.6 Å². The minimum atomic E-state index is -0.218. The largest absolute Gasteiger partial charge is 0.504 e. The van der Waals surface area contributed by atoms with Crippen LogP contribution in [0.4, 0.5) is 0 Å². The fraction of sp³-hybridized carbons (Fsp3) is 0.318. The van der Waals surface area contributed by atoms with Crippen LogP contribution in [0.5, 0.6) is 23.0 Å². The van der Waals surface area contributed by atoms with Crippen molar-refractivity contribution in [2.24, 2.45) is 0 Å². The molecular weight excluding hydrogens is 360 g/mol. The number of phenolic OH excluding ortho intramolecular Hbond substituents is 1. The maximum atomic E-state index is 12.6. The first-order valence-corrected chi connectivity index (χ1v) is 9.23. The maximum Gasteiger partial charge on any atom is 0.193 e. The Balaban J connectivity index is 1.98. The molecule has 2 aromatic carbocycles. The van der Waals surface area contributed by atoms with Gasteiger partial charge >= 0.3 is 0 Å². The fourth-order valence-electron chi connectivity index (χ4n) is 2.95. The topological polar surface area (TPSA) is 78.1 Å². The molecule has 0 saturated heterocycles. The predicted octanol–water partition coefficient (Wildman–Crippen LogP) is 4.75. The Morgan fingerprint density at radius 3 is 2.46 bits per heavy atom. The number of phenols is 1. The number of ether oxygens (including phenoxy) is 3. The number of hydrogen-bond donors (Lipinski definition) is 1. The van der Waals surface area contributed by atoms with E-state index in [9.17, 15) is 9.90 Å². The first-order valence-electron chi connectivity index (χ1n) is 9.23. The van der Waals surface area contributed by atoms with Crippen molar-refractivity contribution < 1.29 is 23.7 Å². The third kappa shape index (κ3) is 4.06. The van der Waals surface area contributed by atoms with Crippen LogP contribution in [0.2, 0.25) is 0 Å². The van der Waals surface area contributed by atoms with Crippen molar-refractivity contribution in [1.29, 1.82) is 0 Å². The zero-order valence-electron chi connectivity index (χ0n) is 16.3. The van der Waals surface area contributed by atoms with Crippen LogP contribution in [-0.4, -0.2) is 25.9 Å². The van der Waals surface area contributed by atoms with Crippen molar-refractivity contribution in [3.8, 4) is 34.3 Å². The molecule has 0 bridgehead atoms. The maximum absolute atomic E-state index is 12.6. The Bertz CT molecular complexity index is 1020. The summed E-state index contributed by atoms with van der Waals surface area (Å²) in [6.07, 6.45) is 3.02. The summed E-state index contributed by atoms with van der Waals surface area (Å²) < 4.78 is 22.0.